The molecule has 0 radical (unpaired) electrons. The second kappa shape index (κ2) is 9.50. The molecule has 1 amide bonds. The zero-order valence-corrected chi connectivity index (χ0v) is 16.7. The summed E-state index contributed by atoms with van der Waals surface area (Å²) >= 11 is 1.33. The minimum absolute atomic E-state index is 0.0578. The molecule has 146 valence electrons. The molecule has 0 saturated carbocycles. The number of aryl methyl sites for hydroxylation is 1. The highest BCUT2D eigenvalue weighted by Crippen LogP contribution is 2.28. The zero-order chi connectivity index (χ0) is 19.9. The normalized spacial score (nSPS) is 12.0. The molecule has 3 aromatic rings. The topological polar surface area (TPSA) is 59.8 Å². The van der Waals surface area contributed by atoms with E-state index in [2.05, 4.69) is 27.6 Å². The fourth-order valence-corrected chi connectivity index (χ4v) is 3.73. The highest BCUT2D eigenvalue weighted by Gasteiger charge is 2.21. The second-order valence-electron chi connectivity index (χ2n) is 6.33. The third-order valence-corrected chi connectivity index (χ3v) is 5.38. The van der Waals surface area contributed by atoms with Gasteiger partial charge in [-0.25, -0.2) is 4.39 Å². The van der Waals surface area contributed by atoms with Crippen LogP contribution in [-0.2, 0) is 17.8 Å². The summed E-state index contributed by atoms with van der Waals surface area (Å²) in [4.78, 5) is 12.1. The molecule has 1 atom stereocenters. The summed E-state index contributed by atoms with van der Waals surface area (Å²) in [7, 11) is 0. The van der Waals surface area contributed by atoms with E-state index >= 15 is 0 Å². The van der Waals surface area contributed by atoms with Crippen molar-refractivity contribution < 1.29 is 9.18 Å². The highest BCUT2D eigenvalue weighted by molar-refractivity contribution is 8.00. The Morgan fingerprint density at radius 3 is 2.57 bits per heavy atom. The molecule has 7 heteroatoms. The molecule has 0 spiro atoms. The Labute approximate surface area is 168 Å². The molecule has 28 heavy (non-hydrogen) atoms. The maximum absolute atomic E-state index is 14.4. The van der Waals surface area contributed by atoms with Crippen molar-refractivity contribution in [3.63, 3.8) is 0 Å². The van der Waals surface area contributed by atoms with Gasteiger partial charge in [0, 0.05) is 13.1 Å². The molecule has 5 nitrogen and oxygen atoms in total. The van der Waals surface area contributed by atoms with Gasteiger partial charge in [0.1, 0.15) is 5.82 Å². The van der Waals surface area contributed by atoms with E-state index in [0.29, 0.717) is 29.6 Å². The van der Waals surface area contributed by atoms with Crippen molar-refractivity contribution in [2.45, 2.75) is 37.2 Å². The fraction of sp³-hybridized carbons (Fsp3) is 0.286. The first kappa shape index (κ1) is 20.1. The van der Waals surface area contributed by atoms with Crippen LogP contribution in [0.5, 0.6) is 0 Å². The third kappa shape index (κ3) is 4.78. The molecule has 1 heterocycles. The van der Waals surface area contributed by atoms with Crippen LogP contribution in [-0.4, -0.2) is 32.5 Å². The quantitative estimate of drug-likeness (QED) is 0.584. The van der Waals surface area contributed by atoms with Crippen molar-refractivity contribution >= 4 is 17.7 Å². The van der Waals surface area contributed by atoms with Crippen LogP contribution in [0.25, 0.3) is 11.4 Å². The van der Waals surface area contributed by atoms with Crippen LogP contribution < -0.4 is 5.32 Å². The summed E-state index contributed by atoms with van der Waals surface area (Å²) in [6.07, 6.45) is 0.753. The van der Waals surface area contributed by atoms with E-state index in [4.69, 9.17) is 0 Å². The lowest BCUT2D eigenvalue weighted by Gasteiger charge is -2.13. The van der Waals surface area contributed by atoms with Gasteiger partial charge < -0.3 is 9.88 Å². The number of aromatic nitrogens is 3. The maximum atomic E-state index is 14.4. The van der Waals surface area contributed by atoms with Gasteiger partial charge in [-0.3, -0.25) is 4.79 Å². The predicted molar refractivity (Wildman–Crippen MR) is 110 cm³/mol. The van der Waals surface area contributed by atoms with Crippen molar-refractivity contribution in [1.82, 2.24) is 20.1 Å². The standard InChI is InChI=1S/C21H23FN4OS/c1-3-23-20(27)15(2)28-21-25-24-19(17-11-7-8-12-18(17)22)26(21)14-13-16-9-5-4-6-10-16/h4-12,15H,3,13-14H2,1-2H3,(H,23,27)/t15-/m1/s1. The van der Waals surface area contributed by atoms with E-state index in [0.717, 1.165) is 6.42 Å². The molecule has 1 aromatic heterocycles. The monoisotopic (exact) mass is 398 g/mol. The number of carbonyl (C=O) groups excluding carboxylic acids is 1. The molecule has 2 aromatic carbocycles. The lowest BCUT2D eigenvalue weighted by atomic mass is 10.1. The minimum Gasteiger partial charge on any atom is -0.355 e. The van der Waals surface area contributed by atoms with Crippen LogP contribution in [0, 0.1) is 5.82 Å². The van der Waals surface area contributed by atoms with Crippen molar-refractivity contribution in [2.24, 2.45) is 0 Å². The largest absolute Gasteiger partial charge is 0.355 e. The molecular weight excluding hydrogens is 375 g/mol. The summed E-state index contributed by atoms with van der Waals surface area (Å²) < 4.78 is 16.3. The number of hydrogen-bond donors (Lipinski definition) is 1. The first-order chi connectivity index (χ1) is 13.6. The van der Waals surface area contributed by atoms with Gasteiger partial charge in [-0.1, -0.05) is 54.2 Å². The SMILES string of the molecule is CCNC(=O)[C@@H](C)Sc1nnc(-c2ccccc2F)n1CCc1ccccc1. The van der Waals surface area contributed by atoms with E-state index in [1.165, 1.54) is 23.4 Å². The van der Waals surface area contributed by atoms with Gasteiger partial charge >= 0.3 is 0 Å². The van der Waals surface area contributed by atoms with Crippen LogP contribution in [0.15, 0.2) is 59.8 Å². The number of rotatable bonds is 8. The number of carbonyl (C=O) groups is 1. The van der Waals surface area contributed by atoms with Crippen molar-refractivity contribution in [3.05, 3.63) is 66.0 Å². The molecule has 0 aliphatic carbocycles. The van der Waals surface area contributed by atoms with Gasteiger partial charge in [0.15, 0.2) is 11.0 Å². The van der Waals surface area contributed by atoms with Gasteiger partial charge in [0.05, 0.1) is 10.8 Å². The first-order valence-corrected chi connectivity index (χ1v) is 10.1. The summed E-state index contributed by atoms with van der Waals surface area (Å²) in [6.45, 7) is 4.87. The van der Waals surface area contributed by atoms with E-state index in [1.54, 1.807) is 18.2 Å². The number of amides is 1. The summed E-state index contributed by atoms with van der Waals surface area (Å²) in [6, 6.07) is 16.6. The van der Waals surface area contributed by atoms with Gasteiger partial charge in [-0.2, -0.15) is 0 Å². The number of nitrogens with one attached hydrogen (secondary N) is 1. The molecule has 0 unspecified atom stereocenters. The van der Waals surface area contributed by atoms with Crippen LogP contribution in [0.2, 0.25) is 0 Å². The van der Waals surface area contributed by atoms with E-state index in [1.807, 2.05) is 36.6 Å². The Hall–Kier alpha value is -2.67. The third-order valence-electron chi connectivity index (χ3n) is 4.30. The van der Waals surface area contributed by atoms with E-state index < -0.39 is 0 Å². The number of nitrogens with zero attached hydrogens (tertiary/aromatic N) is 3. The Bertz CT molecular complexity index is 929. The van der Waals surface area contributed by atoms with Gasteiger partial charge in [0.2, 0.25) is 5.91 Å². The lowest BCUT2D eigenvalue weighted by Crippen LogP contribution is -2.30. The minimum atomic E-state index is -0.343. The molecule has 1 N–H and O–H groups in total. The Morgan fingerprint density at radius 2 is 1.86 bits per heavy atom. The summed E-state index contributed by atoms with van der Waals surface area (Å²) in [5.74, 6) is 0.0707. The van der Waals surface area contributed by atoms with Crippen molar-refractivity contribution in [2.75, 3.05) is 6.54 Å². The van der Waals surface area contributed by atoms with Crippen LogP contribution >= 0.6 is 11.8 Å². The molecule has 0 bridgehead atoms. The van der Waals surface area contributed by atoms with E-state index in [9.17, 15) is 9.18 Å². The summed E-state index contributed by atoms with van der Waals surface area (Å²) in [5, 5.41) is 11.6. The van der Waals surface area contributed by atoms with Crippen LogP contribution in [0.1, 0.15) is 19.4 Å². The smallest absolute Gasteiger partial charge is 0.233 e. The van der Waals surface area contributed by atoms with E-state index in [-0.39, 0.29) is 17.0 Å². The number of hydrogen-bond acceptors (Lipinski definition) is 4. The molecule has 3 rings (SSSR count). The van der Waals surface area contributed by atoms with Gasteiger partial charge in [-0.15, -0.1) is 10.2 Å². The zero-order valence-electron chi connectivity index (χ0n) is 15.9. The Balaban J connectivity index is 1.91. The number of benzene rings is 2. The number of thioether (sulfide) groups is 1. The lowest BCUT2D eigenvalue weighted by molar-refractivity contribution is -0.120. The summed E-state index contributed by atoms with van der Waals surface area (Å²) in [5.41, 5.74) is 1.57. The van der Waals surface area contributed by atoms with Gasteiger partial charge in [-0.05, 0) is 38.0 Å². The maximum Gasteiger partial charge on any atom is 0.233 e. The number of halogens is 1. The molecule has 0 aliphatic heterocycles. The molecule has 0 aliphatic rings. The van der Waals surface area contributed by atoms with Gasteiger partial charge in [0.25, 0.3) is 0 Å². The predicted octanol–water partition coefficient (Wildman–Crippen LogP) is 3.94. The average molecular weight is 399 g/mol. The highest BCUT2D eigenvalue weighted by atomic mass is 32.2. The van der Waals surface area contributed by atoms with Crippen LogP contribution in [0.3, 0.4) is 0 Å². The molecule has 0 fully saturated rings. The second-order valence-corrected chi connectivity index (χ2v) is 7.64. The Kier molecular flexibility index (Phi) is 6.81. The molecule has 0 saturated heterocycles. The Morgan fingerprint density at radius 1 is 1.14 bits per heavy atom. The molecular formula is C21H23FN4OS. The van der Waals surface area contributed by atoms with Crippen LogP contribution in [0.4, 0.5) is 4.39 Å². The average Bonchev–Trinajstić information content (AvgIpc) is 3.10. The fourth-order valence-electron chi connectivity index (χ4n) is 2.83. The van der Waals surface area contributed by atoms with Crippen molar-refractivity contribution in [3.8, 4) is 11.4 Å². The van der Waals surface area contributed by atoms with Crippen molar-refractivity contribution in [1.29, 1.82) is 0 Å². The first-order valence-electron chi connectivity index (χ1n) is 9.26.